The van der Waals surface area contributed by atoms with Crippen LogP contribution in [0.3, 0.4) is 0 Å². The van der Waals surface area contributed by atoms with Gasteiger partial charge in [-0.05, 0) is 13.5 Å². The highest BCUT2D eigenvalue weighted by Crippen LogP contribution is 1.90. The van der Waals surface area contributed by atoms with Gasteiger partial charge in [0.25, 0.3) is 6.09 Å². The molecule has 0 aromatic heterocycles. The molecule has 0 bridgehead atoms. The molecule has 13 heavy (non-hydrogen) atoms. The Morgan fingerprint density at radius 1 is 1.69 bits per heavy atom. The normalized spacial score (nSPS) is 10.9. The minimum absolute atomic E-state index is 0.280. The second kappa shape index (κ2) is 6.28. The third kappa shape index (κ3) is 5.05. The smallest absolute Gasteiger partial charge is 0.281 e. The van der Waals surface area contributed by atoms with Crippen LogP contribution in [-0.2, 0) is 4.74 Å². The fraction of sp³-hybridized carbons (Fsp3) is 0.625. The van der Waals surface area contributed by atoms with E-state index < -0.39 is 6.09 Å². The fourth-order valence-electron chi connectivity index (χ4n) is 0.595. The summed E-state index contributed by atoms with van der Waals surface area (Å²) in [6, 6.07) is 0. The van der Waals surface area contributed by atoms with Gasteiger partial charge in [0.15, 0.2) is 5.88 Å². The van der Waals surface area contributed by atoms with E-state index >= 15 is 0 Å². The summed E-state index contributed by atoms with van der Waals surface area (Å²) in [5.74, 6) is 0.399. The molecule has 0 saturated heterocycles. The minimum atomic E-state index is -0.501. The van der Waals surface area contributed by atoms with Crippen LogP contribution in [0.1, 0.15) is 6.92 Å². The van der Waals surface area contributed by atoms with Crippen molar-refractivity contribution >= 4 is 6.09 Å². The predicted octanol–water partition coefficient (Wildman–Crippen LogP) is 0.928. The Morgan fingerprint density at radius 2 is 2.31 bits per heavy atom. The van der Waals surface area contributed by atoms with Gasteiger partial charge >= 0.3 is 0 Å². The molecule has 0 rings (SSSR count). The van der Waals surface area contributed by atoms with Crippen LogP contribution in [0, 0.1) is 0 Å². The molecule has 0 aromatic carbocycles. The maximum absolute atomic E-state index is 12.9. The van der Waals surface area contributed by atoms with Crippen molar-refractivity contribution in [2.75, 3.05) is 27.4 Å². The van der Waals surface area contributed by atoms with Gasteiger partial charge in [-0.15, -0.1) is 0 Å². The van der Waals surface area contributed by atoms with E-state index in [4.69, 9.17) is 4.74 Å². The molecule has 1 N–H and O–H groups in total. The Morgan fingerprint density at radius 3 is 2.77 bits per heavy atom. The number of methoxy groups -OCH3 is 1. The van der Waals surface area contributed by atoms with E-state index in [0.29, 0.717) is 12.4 Å². The van der Waals surface area contributed by atoms with Crippen LogP contribution in [0.25, 0.3) is 0 Å². The second-order valence-electron chi connectivity index (χ2n) is 2.40. The number of hydrogen-bond acceptors (Lipinski definition) is 3. The van der Waals surface area contributed by atoms with Gasteiger partial charge in [-0.2, -0.15) is 4.39 Å². The summed E-state index contributed by atoms with van der Waals surface area (Å²) in [7, 11) is 3.08. The summed E-state index contributed by atoms with van der Waals surface area (Å²) in [5, 5.41) is 2.76. The molecule has 0 heterocycles. The van der Waals surface area contributed by atoms with Crippen molar-refractivity contribution in [3.8, 4) is 0 Å². The Bertz CT molecular complexity index is 194. The summed E-state index contributed by atoms with van der Waals surface area (Å²) < 4.78 is 17.7. The first-order valence-corrected chi connectivity index (χ1v) is 3.99. The fourth-order valence-corrected chi connectivity index (χ4v) is 0.595. The van der Waals surface area contributed by atoms with E-state index in [1.54, 1.807) is 14.0 Å². The third-order valence-electron chi connectivity index (χ3n) is 1.36. The van der Waals surface area contributed by atoms with Crippen molar-refractivity contribution in [3.05, 3.63) is 12.5 Å². The highest BCUT2D eigenvalue weighted by atomic mass is 19.1. The van der Waals surface area contributed by atoms with Crippen molar-refractivity contribution < 1.29 is 9.13 Å². The van der Waals surface area contributed by atoms with Crippen molar-refractivity contribution in [2.24, 2.45) is 4.99 Å². The number of ether oxygens (including phenoxy) is 1. The number of amidine groups is 1. The van der Waals surface area contributed by atoms with Crippen LogP contribution in [0.2, 0.25) is 0 Å². The molecule has 0 aliphatic heterocycles. The zero-order chi connectivity index (χ0) is 10.3. The van der Waals surface area contributed by atoms with E-state index in [-0.39, 0.29) is 6.67 Å². The quantitative estimate of drug-likeness (QED) is 0.230. The van der Waals surface area contributed by atoms with E-state index in [9.17, 15) is 4.39 Å². The standard InChI is InChI=1S/C8H16FN3O/c1-5-10-8(9)12(3)6-11-7(2)13-4/h11H,2,5-6H2,1,3-4H3. The first kappa shape index (κ1) is 11.7. The highest BCUT2D eigenvalue weighted by Gasteiger charge is 2.03. The Kier molecular flexibility index (Phi) is 5.67. The average Bonchev–Trinajstić information content (AvgIpc) is 2.13. The van der Waals surface area contributed by atoms with Gasteiger partial charge in [0.05, 0.1) is 13.8 Å². The lowest BCUT2D eigenvalue weighted by atomic mass is 10.7. The van der Waals surface area contributed by atoms with Crippen molar-refractivity contribution in [1.82, 2.24) is 10.2 Å². The zero-order valence-electron chi connectivity index (χ0n) is 8.30. The summed E-state index contributed by atoms with van der Waals surface area (Å²) in [4.78, 5) is 4.92. The molecule has 4 nitrogen and oxygen atoms in total. The van der Waals surface area contributed by atoms with Gasteiger partial charge in [0, 0.05) is 13.6 Å². The third-order valence-corrected chi connectivity index (χ3v) is 1.36. The molecule has 0 fully saturated rings. The maximum atomic E-state index is 12.9. The van der Waals surface area contributed by atoms with Crippen LogP contribution < -0.4 is 5.32 Å². The minimum Gasteiger partial charge on any atom is -0.483 e. The van der Waals surface area contributed by atoms with Gasteiger partial charge in [-0.25, -0.2) is 4.99 Å². The summed E-state index contributed by atoms with van der Waals surface area (Å²) in [6.45, 7) is 6.01. The number of nitrogens with zero attached hydrogens (tertiary/aromatic N) is 2. The first-order chi connectivity index (χ1) is 6.11. The average molecular weight is 189 g/mol. The summed E-state index contributed by atoms with van der Waals surface area (Å²) >= 11 is 0. The van der Waals surface area contributed by atoms with Gasteiger partial charge in [0.1, 0.15) is 0 Å². The number of rotatable bonds is 5. The molecule has 0 atom stereocenters. The molecule has 0 saturated carbocycles. The van der Waals surface area contributed by atoms with E-state index in [1.807, 2.05) is 0 Å². The van der Waals surface area contributed by atoms with Gasteiger partial charge in [-0.3, -0.25) is 0 Å². The second-order valence-corrected chi connectivity index (χ2v) is 2.40. The monoisotopic (exact) mass is 189 g/mol. The molecule has 0 unspecified atom stereocenters. The van der Waals surface area contributed by atoms with Gasteiger partial charge in [-0.1, -0.05) is 0 Å². The Labute approximate surface area is 78.1 Å². The number of aliphatic imine (C=N–C) groups is 1. The summed E-state index contributed by atoms with van der Waals surface area (Å²) in [6.07, 6.45) is -0.501. The lowest BCUT2D eigenvalue weighted by Gasteiger charge is -2.17. The lowest BCUT2D eigenvalue weighted by molar-refractivity contribution is 0.248. The number of hydrogen-bond donors (Lipinski definition) is 1. The van der Waals surface area contributed by atoms with Crippen LogP contribution >= 0.6 is 0 Å². The first-order valence-electron chi connectivity index (χ1n) is 3.99. The molecular weight excluding hydrogens is 173 g/mol. The predicted molar refractivity (Wildman–Crippen MR) is 51.0 cm³/mol. The molecule has 0 radical (unpaired) electrons. The van der Waals surface area contributed by atoms with E-state index in [0.717, 1.165) is 0 Å². The molecule has 0 aromatic rings. The van der Waals surface area contributed by atoms with Crippen LogP contribution in [0.4, 0.5) is 4.39 Å². The van der Waals surface area contributed by atoms with Gasteiger partial charge < -0.3 is 15.0 Å². The molecular formula is C8H16FN3O. The molecule has 76 valence electrons. The molecule has 0 aliphatic rings. The lowest BCUT2D eigenvalue weighted by Crippen LogP contribution is -2.33. The van der Waals surface area contributed by atoms with Crippen molar-refractivity contribution in [2.45, 2.75) is 6.92 Å². The number of nitrogens with one attached hydrogen (secondary N) is 1. The van der Waals surface area contributed by atoms with Crippen LogP contribution in [0.5, 0.6) is 0 Å². The number of halogens is 1. The zero-order valence-corrected chi connectivity index (χ0v) is 8.30. The van der Waals surface area contributed by atoms with Crippen LogP contribution in [0.15, 0.2) is 17.5 Å². The Hall–Kier alpha value is -1.26. The maximum Gasteiger partial charge on any atom is 0.281 e. The molecule has 0 spiro atoms. The Balaban J connectivity index is 3.80. The summed E-state index contributed by atoms with van der Waals surface area (Å²) in [5.41, 5.74) is 0. The molecule has 5 heteroatoms. The molecule has 0 amide bonds. The van der Waals surface area contributed by atoms with Crippen molar-refractivity contribution in [3.63, 3.8) is 0 Å². The topological polar surface area (TPSA) is 36.9 Å². The largest absolute Gasteiger partial charge is 0.483 e. The van der Waals surface area contributed by atoms with Crippen LogP contribution in [-0.4, -0.2) is 38.4 Å². The highest BCUT2D eigenvalue weighted by molar-refractivity contribution is 5.71. The molecule has 0 aliphatic carbocycles. The van der Waals surface area contributed by atoms with E-state index in [2.05, 4.69) is 16.9 Å². The van der Waals surface area contributed by atoms with E-state index in [1.165, 1.54) is 12.0 Å². The SMILES string of the molecule is C=C(NCN(C)C(F)=NCC)OC. The van der Waals surface area contributed by atoms with Crippen molar-refractivity contribution in [1.29, 1.82) is 0 Å². The van der Waals surface area contributed by atoms with Gasteiger partial charge in [0.2, 0.25) is 0 Å².